The van der Waals surface area contributed by atoms with Crippen LogP contribution in [0, 0.1) is 5.92 Å². The lowest BCUT2D eigenvalue weighted by atomic mass is 9.91. The van der Waals surface area contributed by atoms with Gasteiger partial charge in [0.05, 0.1) is 0 Å². The quantitative estimate of drug-likeness (QED) is 0.729. The van der Waals surface area contributed by atoms with Gasteiger partial charge in [-0.2, -0.15) is 0 Å². The molecule has 0 aromatic carbocycles. The van der Waals surface area contributed by atoms with Gasteiger partial charge in [0.15, 0.2) is 0 Å². The Morgan fingerprint density at radius 1 is 1.33 bits per heavy atom. The van der Waals surface area contributed by atoms with E-state index in [4.69, 9.17) is 5.73 Å². The molecule has 2 heteroatoms. The van der Waals surface area contributed by atoms with Crippen LogP contribution < -0.4 is 5.73 Å². The highest BCUT2D eigenvalue weighted by molar-refractivity contribution is 5.40. The minimum absolute atomic E-state index is 0.485. The summed E-state index contributed by atoms with van der Waals surface area (Å²) in [6.07, 6.45) is 1.73. The first-order valence-electron chi connectivity index (χ1n) is 4.33. The van der Waals surface area contributed by atoms with Gasteiger partial charge >= 0.3 is 0 Å². The summed E-state index contributed by atoms with van der Waals surface area (Å²) in [4.78, 5) is 4.06. The van der Waals surface area contributed by atoms with Crippen LogP contribution in [0.1, 0.15) is 32.3 Å². The first kappa shape index (κ1) is 9.04. The Morgan fingerprint density at radius 3 is 2.50 bits per heavy atom. The van der Waals surface area contributed by atoms with Crippen molar-refractivity contribution in [1.82, 2.24) is 4.98 Å². The normalized spacial score (nSPS) is 13.3. The molecule has 0 radical (unpaired) electrons. The number of rotatable bonds is 2. The van der Waals surface area contributed by atoms with Gasteiger partial charge in [0, 0.05) is 6.20 Å². The number of nitrogens with two attached hydrogens (primary N) is 1. The molecule has 0 aliphatic rings. The van der Waals surface area contributed by atoms with Crippen molar-refractivity contribution in [3.8, 4) is 0 Å². The first-order valence-corrected chi connectivity index (χ1v) is 4.33. The molecule has 0 aliphatic carbocycles. The second kappa shape index (κ2) is 3.57. The zero-order valence-corrected chi connectivity index (χ0v) is 7.91. The second-order valence-electron chi connectivity index (χ2n) is 3.51. The van der Waals surface area contributed by atoms with E-state index in [9.17, 15) is 0 Å². The molecule has 0 saturated carbocycles. The summed E-state index contributed by atoms with van der Waals surface area (Å²) in [6.45, 7) is 6.56. The predicted molar refractivity (Wildman–Crippen MR) is 51.9 cm³/mol. The van der Waals surface area contributed by atoms with Crippen molar-refractivity contribution in [2.45, 2.75) is 26.7 Å². The van der Waals surface area contributed by atoms with Crippen molar-refractivity contribution < 1.29 is 0 Å². The number of nitrogens with zero attached hydrogens (tertiary/aromatic N) is 1. The van der Waals surface area contributed by atoms with E-state index in [0.717, 1.165) is 5.56 Å². The molecule has 0 amide bonds. The maximum Gasteiger partial charge on any atom is 0.126 e. The Bertz CT molecular complexity index is 256. The van der Waals surface area contributed by atoms with Crippen molar-refractivity contribution >= 4 is 5.82 Å². The maximum absolute atomic E-state index is 5.75. The van der Waals surface area contributed by atoms with Crippen LogP contribution in [-0.4, -0.2) is 4.98 Å². The average Bonchev–Trinajstić information content (AvgIpc) is 2.04. The van der Waals surface area contributed by atoms with Crippen molar-refractivity contribution in [3.63, 3.8) is 0 Å². The summed E-state index contributed by atoms with van der Waals surface area (Å²) in [6, 6.07) is 3.98. The van der Waals surface area contributed by atoms with Crippen molar-refractivity contribution in [1.29, 1.82) is 0 Å². The summed E-state index contributed by atoms with van der Waals surface area (Å²) < 4.78 is 0. The van der Waals surface area contributed by atoms with Gasteiger partial charge in [-0.25, -0.2) is 4.98 Å². The molecule has 0 spiro atoms. The SMILES string of the molecule is CC(C)[C@H](C)c1cccnc1N. The highest BCUT2D eigenvalue weighted by atomic mass is 14.8. The number of pyridine rings is 1. The molecule has 1 rings (SSSR count). The van der Waals surface area contributed by atoms with Crippen molar-refractivity contribution in [3.05, 3.63) is 23.9 Å². The minimum atomic E-state index is 0.485. The lowest BCUT2D eigenvalue weighted by Gasteiger charge is -2.16. The fourth-order valence-corrected chi connectivity index (χ4v) is 1.17. The molecule has 0 bridgehead atoms. The minimum Gasteiger partial charge on any atom is -0.383 e. The zero-order valence-electron chi connectivity index (χ0n) is 7.91. The molecule has 1 aromatic rings. The van der Waals surface area contributed by atoms with Gasteiger partial charge in [-0.05, 0) is 23.5 Å². The van der Waals surface area contributed by atoms with E-state index in [2.05, 4.69) is 25.8 Å². The Labute approximate surface area is 73.8 Å². The first-order chi connectivity index (χ1) is 5.63. The van der Waals surface area contributed by atoms with Gasteiger partial charge < -0.3 is 5.73 Å². The fraction of sp³-hybridized carbons (Fsp3) is 0.500. The number of nitrogen functional groups attached to an aromatic ring is 1. The molecular weight excluding hydrogens is 148 g/mol. The van der Waals surface area contributed by atoms with Crippen LogP contribution >= 0.6 is 0 Å². The van der Waals surface area contributed by atoms with E-state index in [1.807, 2.05) is 12.1 Å². The summed E-state index contributed by atoms with van der Waals surface area (Å²) in [5, 5.41) is 0. The lowest BCUT2D eigenvalue weighted by Crippen LogP contribution is -2.06. The Hall–Kier alpha value is -1.05. The van der Waals surface area contributed by atoms with Gasteiger partial charge in [-0.1, -0.05) is 26.8 Å². The molecule has 0 unspecified atom stereocenters. The van der Waals surface area contributed by atoms with E-state index in [-0.39, 0.29) is 0 Å². The molecule has 2 N–H and O–H groups in total. The highest BCUT2D eigenvalue weighted by Crippen LogP contribution is 2.26. The molecule has 1 aromatic heterocycles. The Morgan fingerprint density at radius 2 is 2.00 bits per heavy atom. The van der Waals surface area contributed by atoms with Crippen LogP contribution in [0.15, 0.2) is 18.3 Å². The predicted octanol–water partition coefficient (Wildman–Crippen LogP) is 2.42. The van der Waals surface area contributed by atoms with Crippen molar-refractivity contribution in [2.24, 2.45) is 5.92 Å². The molecular formula is C10H16N2. The lowest BCUT2D eigenvalue weighted by molar-refractivity contribution is 0.535. The number of hydrogen-bond donors (Lipinski definition) is 1. The molecule has 0 saturated heterocycles. The van der Waals surface area contributed by atoms with E-state index < -0.39 is 0 Å². The van der Waals surface area contributed by atoms with Gasteiger partial charge in [-0.15, -0.1) is 0 Å². The Balaban J connectivity index is 2.94. The van der Waals surface area contributed by atoms with Crippen molar-refractivity contribution in [2.75, 3.05) is 5.73 Å². The monoisotopic (exact) mass is 164 g/mol. The molecule has 0 fully saturated rings. The van der Waals surface area contributed by atoms with Crippen LogP contribution in [0.5, 0.6) is 0 Å². The van der Waals surface area contributed by atoms with E-state index in [1.54, 1.807) is 6.20 Å². The third-order valence-electron chi connectivity index (χ3n) is 2.36. The summed E-state index contributed by atoms with van der Waals surface area (Å²) >= 11 is 0. The van der Waals surface area contributed by atoms with Crippen LogP contribution in [-0.2, 0) is 0 Å². The number of hydrogen-bond acceptors (Lipinski definition) is 2. The standard InChI is InChI=1S/C10H16N2/c1-7(2)8(3)9-5-4-6-12-10(9)11/h4-8H,1-3H3,(H2,11,12)/t8-/m0/s1. The van der Waals surface area contributed by atoms with Crippen LogP contribution in [0.25, 0.3) is 0 Å². The largest absolute Gasteiger partial charge is 0.383 e. The maximum atomic E-state index is 5.75. The second-order valence-corrected chi connectivity index (χ2v) is 3.51. The third kappa shape index (κ3) is 1.76. The van der Waals surface area contributed by atoms with E-state index in [0.29, 0.717) is 17.7 Å². The Kier molecular flexibility index (Phi) is 2.69. The summed E-state index contributed by atoms with van der Waals surface area (Å²) in [7, 11) is 0. The summed E-state index contributed by atoms with van der Waals surface area (Å²) in [5.41, 5.74) is 6.91. The topological polar surface area (TPSA) is 38.9 Å². The smallest absolute Gasteiger partial charge is 0.126 e. The molecule has 1 atom stereocenters. The molecule has 0 aliphatic heterocycles. The highest BCUT2D eigenvalue weighted by Gasteiger charge is 2.12. The van der Waals surface area contributed by atoms with Gasteiger partial charge in [-0.3, -0.25) is 0 Å². The molecule has 66 valence electrons. The zero-order chi connectivity index (χ0) is 9.14. The molecule has 2 nitrogen and oxygen atoms in total. The van der Waals surface area contributed by atoms with E-state index >= 15 is 0 Å². The number of aromatic nitrogens is 1. The van der Waals surface area contributed by atoms with Crippen LogP contribution in [0.2, 0.25) is 0 Å². The molecule has 1 heterocycles. The molecule has 12 heavy (non-hydrogen) atoms. The van der Waals surface area contributed by atoms with Gasteiger partial charge in [0.25, 0.3) is 0 Å². The van der Waals surface area contributed by atoms with Gasteiger partial charge in [0.2, 0.25) is 0 Å². The summed E-state index contributed by atoms with van der Waals surface area (Å²) in [5.74, 6) is 1.76. The average molecular weight is 164 g/mol. The fourth-order valence-electron chi connectivity index (χ4n) is 1.17. The van der Waals surface area contributed by atoms with Gasteiger partial charge in [0.1, 0.15) is 5.82 Å². The number of anilines is 1. The van der Waals surface area contributed by atoms with E-state index in [1.165, 1.54) is 0 Å². The van der Waals surface area contributed by atoms with Crippen LogP contribution in [0.4, 0.5) is 5.82 Å². The van der Waals surface area contributed by atoms with Crippen LogP contribution in [0.3, 0.4) is 0 Å². The third-order valence-corrected chi connectivity index (χ3v) is 2.36.